The summed E-state index contributed by atoms with van der Waals surface area (Å²) >= 11 is 2.14. The minimum Gasteiger partial charge on any atom is -0.372 e. The molecule has 16 heavy (non-hydrogen) atoms. The Kier molecular flexibility index (Phi) is 3.33. The predicted molar refractivity (Wildman–Crippen MR) is 69.7 cm³/mol. The molecule has 0 atom stereocenters. The van der Waals surface area contributed by atoms with Gasteiger partial charge in [0.15, 0.2) is 5.82 Å². The number of nitrogens with one attached hydrogen (secondary N) is 1. The summed E-state index contributed by atoms with van der Waals surface area (Å²) in [6.45, 7) is 0. The molecule has 0 saturated carbocycles. The molecule has 5 heteroatoms. The van der Waals surface area contributed by atoms with Gasteiger partial charge in [0.25, 0.3) is 0 Å². The Hall–Kier alpha value is -1.24. The standard InChI is InChI=1S/C11H9FIN3/c1-14-11-9(13)6-15-10(16-11)7-3-2-4-8(12)5-7/h2-6H,1H3,(H,14,15,16). The molecule has 0 unspecified atom stereocenters. The largest absolute Gasteiger partial charge is 0.372 e. The van der Waals surface area contributed by atoms with E-state index in [0.29, 0.717) is 11.4 Å². The first-order valence-corrected chi connectivity index (χ1v) is 5.75. The van der Waals surface area contributed by atoms with Crippen molar-refractivity contribution in [3.8, 4) is 11.4 Å². The average molecular weight is 329 g/mol. The molecule has 82 valence electrons. The van der Waals surface area contributed by atoms with Crippen LogP contribution in [0.25, 0.3) is 11.4 Å². The van der Waals surface area contributed by atoms with Crippen LogP contribution in [-0.2, 0) is 0 Å². The molecule has 0 aliphatic heterocycles. The maximum absolute atomic E-state index is 13.0. The lowest BCUT2D eigenvalue weighted by molar-refractivity contribution is 0.628. The number of nitrogens with zero attached hydrogens (tertiary/aromatic N) is 2. The van der Waals surface area contributed by atoms with Crippen LogP contribution in [0.2, 0.25) is 0 Å². The SMILES string of the molecule is CNc1nc(-c2cccc(F)c2)ncc1I. The van der Waals surface area contributed by atoms with E-state index in [2.05, 4.69) is 37.9 Å². The van der Waals surface area contributed by atoms with E-state index in [9.17, 15) is 4.39 Å². The molecule has 0 aliphatic carbocycles. The molecule has 1 heterocycles. The second kappa shape index (κ2) is 4.73. The van der Waals surface area contributed by atoms with E-state index in [1.807, 2.05) is 0 Å². The Morgan fingerprint density at radius 3 is 2.88 bits per heavy atom. The van der Waals surface area contributed by atoms with Gasteiger partial charge in [0.1, 0.15) is 11.6 Å². The fourth-order valence-corrected chi connectivity index (χ4v) is 1.84. The van der Waals surface area contributed by atoms with Crippen LogP contribution >= 0.6 is 22.6 Å². The fraction of sp³-hybridized carbons (Fsp3) is 0.0909. The van der Waals surface area contributed by atoms with Gasteiger partial charge in [-0.15, -0.1) is 0 Å². The summed E-state index contributed by atoms with van der Waals surface area (Å²) in [5.74, 6) is 0.977. The van der Waals surface area contributed by atoms with Crippen LogP contribution < -0.4 is 5.32 Å². The molecule has 1 N–H and O–H groups in total. The number of hydrogen-bond donors (Lipinski definition) is 1. The summed E-state index contributed by atoms with van der Waals surface area (Å²) in [7, 11) is 1.79. The first-order chi connectivity index (χ1) is 7.70. The quantitative estimate of drug-likeness (QED) is 0.861. The topological polar surface area (TPSA) is 37.8 Å². The van der Waals surface area contributed by atoms with Crippen molar-refractivity contribution in [3.05, 3.63) is 39.8 Å². The van der Waals surface area contributed by atoms with E-state index >= 15 is 0 Å². The number of aromatic nitrogens is 2. The molecule has 0 fully saturated rings. The van der Waals surface area contributed by atoms with E-state index in [4.69, 9.17) is 0 Å². The van der Waals surface area contributed by atoms with Gasteiger partial charge in [-0.25, -0.2) is 14.4 Å². The predicted octanol–water partition coefficient (Wildman–Crippen LogP) is 2.93. The highest BCUT2D eigenvalue weighted by Gasteiger charge is 2.06. The number of halogens is 2. The van der Waals surface area contributed by atoms with Crippen molar-refractivity contribution in [2.45, 2.75) is 0 Å². The maximum Gasteiger partial charge on any atom is 0.161 e. The Balaban J connectivity index is 2.48. The third kappa shape index (κ3) is 2.29. The molecule has 2 aromatic rings. The second-order valence-electron chi connectivity index (χ2n) is 3.15. The van der Waals surface area contributed by atoms with Gasteiger partial charge in [-0.3, -0.25) is 0 Å². The second-order valence-corrected chi connectivity index (χ2v) is 4.31. The van der Waals surface area contributed by atoms with Crippen molar-refractivity contribution in [1.82, 2.24) is 9.97 Å². The summed E-state index contributed by atoms with van der Waals surface area (Å²) in [6, 6.07) is 6.24. The zero-order valence-electron chi connectivity index (χ0n) is 8.54. The van der Waals surface area contributed by atoms with Crippen LogP contribution in [0.4, 0.5) is 10.2 Å². The molecule has 0 radical (unpaired) electrons. The van der Waals surface area contributed by atoms with Crippen molar-refractivity contribution in [3.63, 3.8) is 0 Å². The lowest BCUT2D eigenvalue weighted by Gasteiger charge is -2.05. The molecule has 0 aliphatic rings. The highest BCUT2D eigenvalue weighted by Crippen LogP contribution is 2.20. The van der Waals surface area contributed by atoms with Crippen molar-refractivity contribution < 1.29 is 4.39 Å². The third-order valence-corrected chi connectivity index (χ3v) is 2.85. The van der Waals surface area contributed by atoms with Gasteiger partial charge in [-0.1, -0.05) is 12.1 Å². The normalized spacial score (nSPS) is 10.2. The van der Waals surface area contributed by atoms with Gasteiger partial charge < -0.3 is 5.32 Å². The molecule has 1 aromatic heterocycles. The van der Waals surface area contributed by atoms with Crippen LogP contribution in [0.3, 0.4) is 0 Å². The van der Waals surface area contributed by atoms with Gasteiger partial charge >= 0.3 is 0 Å². The van der Waals surface area contributed by atoms with Gasteiger partial charge in [-0.05, 0) is 34.7 Å². The lowest BCUT2D eigenvalue weighted by Crippen LogP contribution is -1.99. The van der Waals surface area contributed by atoms with Gasteiger partial charge in [-0.2, -0.15) is 0 Å². The summed E-state index contributed by atoms with van der Waals surface area (Å²) in [4.78, 5) is 8.48. The van der Waals surface area contributed by atoms with Gasteiger partial charge in [0.2, 0.25) is 0 Å². The molecule has 3 nitrogen and oxygen atoms in total. The summed E-state index contributed by atoms with van der Waals surface area (Å²) in [5.41, 5.74) is 0.674. The molecular weight excluding hydrogens is 320 g/mol. The van der Waals surface area contributed by atoms with E-state index in [-0.39, 0.29) is 5.82 Å². The lowest BCUT2D eigenvalue weighted by atomic mass is 10.2. The fourth-order valence-electron chi connectivity index (χ4n) is 1.31. The first kappa shape index (κ1) is 11.3. The average Bonchev–Trinajstić information content (AvgIpc) is 2.29. The van der Waals surface area contributed by atoms with Crippen molar-refractivity contribution in [2.24, 2.45) is 0 Å². The highest BCUT2D eigenvalue weighted by atomic mass is 127. The number of rotatable bonds is 2. The number of hydrogen-bond acceptors (Lipinski definition) is 3. The monoisotopic (exact) mass is 329 g/mol. The van der Waals surface area contributed by atoms with Crippen molar-refractivity contribution in [1.29, 1.82) is 0 Å². The minimum absolute atomic E-state index is 0.286. The Morgan fingerprint density at radius 2 is 2.19 bits per heavy atom. The zero-order valence-corrected chi connectivity index (χ0v) is 10.7. The summed E-state index contributed by atoms with van der Waals surface area (Å²) in [5, 5.41) is 2.97. The molecule has 0 saturated heterocycles. The van der Waals surface area contributed by atoms with Crippen LogP contribution in [0.1, 0.15) is 0 Å². The molecular formula is C11H9FIN3. The molecule has 1 aromatic carbocycles. The maximum atomic E-state index is 13.0. The Bertz CT molecular complexity index is 516. The minimum atomic E-state index is -0.286. The molecule has 2 rings (SSSR count). The van der Waals surface area contributed by atoms with E-state index in [1.54, 1.807) is 25.4 Å². The number of anilines is 1. The first-order valence-electron chi connectivity index (χ1n) is 4.67. The van der Waals surface area contributed by atoms with Crippen LogP contribution in [0.5, 0.6) is 0 Å². The highest BCUT2D eigenvalue weighted by molar-refractivity contribution is 14.1. The Labute approximate surface area is 106 Å². The summed E-state index contributed by atoms with van der Waals surface area (Å²) in [6.07, 6.45) is 1.71. The van der Waals surface area contributed by atoms with Gasteiger partial charge in [0.05, 0.1) is 3.57 Å². The molecule has 0 amide bonds. The zero-order chi connectivity index (χ0) is 11.5. The third-order valence-electron chi connectivity index (χ3n) is 2.06. The molecule has 0 bridgehead atoms. The van der Waals surface area contributed by atoms with Crippen LogP contribution in [-0.4, -0.2) is 17.0 Å². The smallest absolute Gasteiger partial charge is 0.161 e. The Morgan fingerprint density at radius 1 is 1.38 bits per heavy atom. The van der Waals surface area contributed by atoms with E-state index < -0.39 is 0 Å². The van der Waals surface area contributed by atoms with Crippen molar-refractivity contribution in [2.75, 3.05) is 12.4 Å². The summed E-state index contributed by atoms with van der Waals surface area (Å²) < 4.78 is 14.0. The van der Waals surface area contributed by atoms with Crippen LogP contribution in [0, 0.1) is 9.39 Å². The van der Waals surface area contributed by atoms with Crippen LogP contribution in [0.15, 0.2) is 30.5 Å². The molecule has 0 spiro atoms. The van der Waals surface area contributed by atoms with Gasteiger partial charge in [0, 0.05) is 18.8 Å². The number of benzene rings is 1. The van der Waals surface area contributed by atoms with E-state index in [0.717, 1.165) is 9.39 Å². The van der Waals surface area contributed by atoms with E-state index in [1.165, 1.54) is 12.1 Å². The van der Waals surface area contributed by atoms with Crippen molar-refractivity contribution >= 4 is 28.4 Å².